The van der Waals surface area contributed by atoms with Crippen LogP contribution >= 0.6 is 0 Å². The number of hydrogen-bond acceptors (Lipinski definition) is 2. The molecule has 2 nitrogen and oxygen atoms in total. The summed E-state index contributed by atoms with van der Waals surface area (Å²) in [4.78, 5) is 2.20. The second kappa shape index (κ2) is 1.19. The number of nitrogens with zero attached hydrogens (tertiary/aromatic N) is 1. The molecule has 2 atom stereocenters. The van der Waals surface area contributed by atoms with E-state index in [2.05, 4.69) is 11.9 Å². The Hall–Kier alpha value is -0.660. The fraction of sp³-hybridized carbons (Fsp3) is 0.667. The van der Waals surface area contributed by atoms with E-state index in [0.717, 1.165) is 0 Å². The van der Waals surface area contributed by atoms with Gasteiger partial charge in [0, 0.05) is 19.7 Å². The van der Waals surface area contributed by atoms with Crippen LogP contribution in [0.15, 0.2) is 12.5 Å². The summed E-state index contributed by atoms with van der Waals surface area (Å²) < 4.78 is 5.20. The Morgan fingerprint density at radius 3 is 3.25 bits per heavy atom. The van der Waals surface area contributed by atoms with Gasteiger partial charge in [0.25, 0.3) is 0 Å². The highest BCUT2D eigenvalue weighted by molar-refractivity contribution is 5.03. The molecule has 44 valence electrons. The molecule has 1 fully saturated rings. The highest BCUT2D eigenvalue weighted by Gasteiger charge is 2.42. The van der Waals surface area contributed by atoms with Gasteiger partial charge < -0.3 is 9.64 Å². The number of fused-ring (bicyclic) bond motifs is 1. The van der Waals surface area contributed by atoms with Gasteiger partial charge in [0.2, 0.25) is 0 Å². The Labute approximate surface area is 48.7 Å². The number of rotatable bonds is 0. The van der Waals surface area contributed by atoms with Gasteiger partial charge in [-0.1, -0.05) is 0 Å². The lowest BCUT2D eigenvalue weighted by Crippen LogP contribution is -2.20. The quantitative estimate of drug-likeness (QED) is 0.453. The van der Waals surface area contributed by atoms with Crippen molar-refractivity contribution in [2.24, 2.45) is 0 Å². The smallest absolute Gasteiger partial charge is 0.120 e. The van der Waals surface area contributed by atoms with Crippen LogP contribution < -0.4 is 0 Å². The van der Waals surface area contributed by atoms with E-state index in [1.807, 2.05) is 6.20 Å². The highest BCUT2D eigenvalue weighted by Crippen LogP contribution is 2.33. The van der Waals surface area contributed by atoms with Gasteiger partial charge in [-0.2, -0.15) is 0 Å². The van der Waals surface area contributed by atoms with Crippen LogP contribution in [0.3, 0.4) is 0 Å². The van der Waals surface area contributed by atoms with Crippen molar-refractivity contribution in [3.8, 4) is 0 Å². The first-order valence-electron chi connectivity index (χ1n) is 2.92. The van der Waals surface area contributed by atoms with Gasteiger partial charge in [0.15, 0.2) is 0 Å². The Morgan fingerprint density at radius 2 is 2.62 bits per heavy atom. The molecule has 0 amide bonds. The molecule has 1 saturated carbocycles. The molecule has 0 radical (unpaired) electrons. The molecular formula is C6H9NO. The minimum absolute atomic E-state index is 0.519. The van der Waals surface area contributed by atoms with E-state index < -0.39 is 0 Å². The summed E-state index contributed by atoms with van der Waals surface area (Å²) in [6, 6.07) is 0.694. The predicted octanol–water partition coefficient (Wildman–Crippen LogP) is 0.560. The van der Waals surface area contributed by atoms with E-state index >= 15 is 0 Å². The molecule has 2 aliphatic rings. The molecule has 8 heavy (non-hydrogen) atoms. The molecule has 2 rings (SSSR count). The first-order valence-corrected chi connectivity index (χ1v) is 2.92. The van der Waals surface area contributed by atoms with Crippen LogP contribution in [0.25, 0.3) is 0 Å². The van der Waals surface area contributed by atoms with Crippen molar-refractivity contribution in [3.05, 3.63) is 12.5 Å². The third-order valence-corrected chi connectivity index (χ3v) is 1.77. The van der Waals surface area contributed by atoms with Crippen LogP contribution in [-0.4, -0.2) is 24.1 Å². The first kappa shape index (κ1) is 4.24. The summed E-state index contributed by atoms with van der Waals surface area (Å²) in [6.45, 7) is 0. The number of likely N-dealkylation sites (N-methyl/N-ethyl adjacent to an activating group) is 1. The zero-order valence-corrected chi connectivity index (χ0v) is 4.87. The van der Waals surface area contributed by atoms with Crippen molar-refractivity contribution in [2.75, 3.05) is 7.05 Å². The molecule has 0 aromatic heterocycles. The van der Waals surface area contributed by atoms with E-state index in [9.17, 15) is 0 Å². The van der Waals surface area contributed by atoms with Crippen molar-refractivity contribution < 1.29 is 4.74 Å². The monoisotopic (exact) mass is 111 g/mol. The second-order valence-corrected chi connectivity index (χ2v) is 2.43. The molecule has 1 aliphatic carbocycles. The van der Waals surface area contributed by atoms with Crippen LogP contribution in [0.4, 0.5) is 0 Å². The second-order valence-electron chi connectivity index (χ2n) is 2.43. The summed E-state index contributed by atoms with van der Waals surface area (Å²) in [5.41, 5.74) is 0. The van der Waals surface area contributed by atoms with Crippen LogP contribution in [0.5, 0.6) is 0 Å². The van der Waals surface area contributed by atoms with Gasteiger partial charge in [0.05, 0.1) is 12.3 Å². The van der Waals surface area contributed by atoms with Crippen LogP contribution in [0, 0.1) is 0 Å². The van der Waals surface area contributed by atoms with E-state index in [1.54, 1.807) is 6.26 Å². The Kier molecular flexibility index (Phi) is 0.629. The average molecular weight is 111 g/mol. The minimum atomic E-state index is 0.519. The van der Waals surface area contributed by atoms with E-state index in [1.165, 1.54) is 6.42 Å². The van der Waals surface area contributed by atoms with Crippen molar-refractivity contribution in [2.45, 2.75) is 18.6 Å². The zero-order valence-electron chi connectivity index (χ0n) is 4.87. The van der Waals surface area contributed by atoms with E-state index in [0.29, 0.717) is 12.1 Å². The minimum Gasteiger partial charge on any atom is -0.494 e. The van der Waals surface area contributed by atoms with Gasteiger partial charge in [-0.15, -0.1) is 0 Å². The zero-order chi connectivity index (χ0) is 5.56. The molecule has 0 saturated heterocycles. The van der Waals surface area contributed by atoms with Crippen LogP contribution in [0.2, 0.25) is 0 Å². The third kappa shape index (κ3) is 0.427. The van der Waals surface area contributed by atoms with Crippen molar-refractivity contribution >= 4 is 0 Å². The SMILES string of the molecule is CN1C=COC2CC21. The fourth-order valence-electron chi connectivity index (χ4n) is 1.08. The summed E-state index contributed by atoms with van der Waals surface area (Å²) in [5, 5.41) is 0. The molecule has 1 heterocycles. The van der Waals surface area contributed by atoms with Crippen LogP contribution in [0.1, 0.15) is 6.42 Å². The van der Waals surface area contributed by atoms with E-state index in [4.69, 9.17) is 4.74 Å². The average Bonchev–Trinajstić information content (AvgIpc) is 2.45. The number of hydrogen-bond donors (Lipinski definition) is 0. The van der Waals surface area contributed by atoms with Crippen molar-refractivity contribution in [3.63, 3.8) is 0 Å². The molecule has 2 unspecified atom stereocenters. The third-order valence-electron chi connectivity index (χ3n) is 1.77. The highest BCUT2D eigenvalue weighted by atomic mass is 16.5. The maximum atomic E-state index is 5.20. The Morgan fingerprint density at radius 1 is 1.75 bits per heavy atom. The molecule has 0 spiro atoms. The Bertz CT molecular complexity index is 132. The Balaban J connectivity index is 2.13. The lowest BCUT2D eigenvalue weighted by Gasteiger charge is -2.16. The summed E-state index contributed by atoms with van der Waals surface area (Å²) in [6.07, 6.45) is 5.48. The fourth-order valence-corrected chi connectivity index (χ4v) is 1.08. The van der Waals surface area contributed by atoms with Gasteiger partial charge in [-0.3, -0.25) is 0 Å². The van der Waals surface area contributed by atoms with Crippen LogP contribution in [-0.2, 0) is 4.74 Å². The maximum Gasteiger partial charge on any atom is 0.120 e. The molecular weight excluding hydrogens is 102 g/mol. The number of ether oxygens (including phenoxy) is 1. The first-order chi connectivity index (χ1) is 3.88. The van der Waals surface area contributed by atoms with Gasteiger partial charge in [0.1, 0.15) is 6.10 Å². The molecule has 0 aromatic carbocycles. The molecule has 0 aromatic rings. The van der Waals surface area contributed by atoms with Gasteiger partial charge >= 0.3 is 0 Å². The maximum absolute atomic E-state index is 5.20. The van der Waals surface area contributed by atoms with E-state index in [-0.39, 0.29) is 0 Å². The van der Waals surface area contributed by atoms with Crippen molar-refractivity contribution in [1.29, 1.82) is 0 Å². The summed E-state index contributed by atoms with van der Waals surface area (Å²) in [7, 11) is 2.09. The van der Waals surface area contributed by atoms with Gasteiger partial charge in [-0.05, 0) is 0 Å². The predicted molar refractivity (Wildman–Crippen MR) is 30.2 cm³/mol. The lowest BCUT2D eigenvalue weighted by molar-refractivity contribution is 0.176. The topological polar surface area (TPSA) is 12.5 Å². The molecule has 1 aliphatic heterocycles. The largest absolute Gasteiger partial charge is 0.494 e. The standard InChI is InChI=1S/C6H9NO/c1-7-2-3-8-6-4-5(6)7/h2-3,5-6H,4H2,1H3. The molecule has 0 bridgehead atoms. The van der Waals surface area contributed by atoms with Gasteiger partial charge in [-0.25, -0.2) is 0 Å². The molecule has 2 heteroatoms. The lowest BCUT2D eigenvalue weighted by atomic mass is 10.5. The molecule has 0 N–H and O–H groups in total. The normalized spacial score (nSPS) is 40.9. The summed E-state index contributed by atoms with van der Waals surface area (Å²) in [5.74, 6) is 0. The summed E-state index contributed by atoms with van der Waals surface area (Å²) >= 11 is 0. The van der Waals surface area contributed by atoms with Crippen molar-refractivity contribution in [1.82, 2.24) is 4.90 Å².